The maximum absolute atomic E-state index is 12.8. The molecule has 3 rings (SSSR count). The average molecular weight is 588 g/mol. The quantitative estimate of drug-likeness (QED) is 0.304. The molecule has 0 bridgehead atoms. The summed E-state index contributed by atoms with van der Waals surface area (Å²) in [6.07, 6.45) is 3.65. The summed E-state index contributed by atoms with van der Waals surface area (Å²) in [7, 11) is 0. The van der Waals surface area contributed by atoms with Crippen LogP contribution < -0.4 is 15.3 Å². The lowest BCUT2D eigenvalue weighted by molar-refractivity contribution is -0.900. The van der Waals surface area contributed by atoms with E-state index in [1.165, 1.54) is 64.2 Å². The molecule has 2 amide bonds. The van der Waals surface area contributed by atoms with Crippen molar-refractivity contribution < 1.29 is 42.7 Å². The zero-order valence-electron chi connectivity index (χ0n) is 23.3. The van der Waals surface area contributed by atoms with E-state index in [1.807, 2.05) is 4.90 Å². The van der Waals surface area contributed by atoms with Gasteiger partial charge in [0.2, 0.25) is 0 Å². The van der Waals surface area contributed by atoms with E-state index < -0.39 is 53.2 Å². The molecule has 2 heterocycles. The first kappa shape index (κ1) is 33.6. The minimum Gasteiger partial charge on any atom is -0.543 e. The third-order valence-electron chi connectivity index (χ3n) is 6.82. The van der Waals surface area contributed by atoms with Crippen molar-refractivity contribution >= 4 is 29.5 Å². The highest BCUT2D eigenvalue weighted by atomic mass is 32.2. The average Bonchev–Trinajstić information content (AvgIpc) is 2.94. The highest BCUT2D eigenvalue weighted by Gasteiger charge is 2.52. The van der Waals surface area contributed by atoms with Crippen molar-refractivity contribution in [2.45, 2.75) is 76.9 Å². The van der Waals surface area contributed by atoms with Gasteiger partial charge in [-0.2, -0.15) is 13.2 Å². The molecule has 0 radical (unpaired) electrons. The number of unbranched alkanes of at least 4 members (excludes halogenated alkanes) is 3. The summed E-state index contributed by atoms with van der Waals surface area (Å²) >= 11 is 1.12. The number of benzene rings is 1. The van der Waals surface area contributed by atoms with E-state index in [2.05, 4.69) is 26.1 Å². The van der Waals surface area contributed by atoms with Crippen LogP contribution in [0.1, 0.15) is 75.2 Å². The maximum atomic E-state index is 12.8. The van der Waals surface area contributed by atoms with Gasteiger partial charge in [-0.25, -0.2) is 0 Å². The Balaban J connectivity index is 0.000000366. The lowest BCUT2D eigenvalue weighted by Crippen LogP contribution is -3.12. The van der Waals surface area contributed by atoms with E-state index >= 15 is 0 Å². The van der Waals surface area contributed by atoms with E-state index in [0.29, 0.717) is 6.07 Å². The molecule has 40 heavy (non-hydrogen) atoms. The molecule has 224 valence electrons. The first-order valence-corrected chi connectivity index (χ1v) is 14.8. The number of quaternary nitrogens is 1. The lowest BCUT2D eigenvalue weighted by Gasteiger charge is -2.50. The molecule has 0 aliphatic carbocycles. The van der Waals surface area contributed by atoms with Crippen molar-refractivity contribution in [1.82, 2.24) is 10.2 Å². The number of carboxylic acid groups (broad SMARTS) is 1. The number of carbonyl (C=O) groups is 3. The number of carbonyl (C=O) groups excluding carboxylic acids is 3. The SMILES string of the molecule is CCCC[NH+](CCCC)CCCC.O=C([O-])C1=C(CO)CS[C@@H]2[C@@H](NC(=O)c3cccc(C(F)(F)F)c3)C(=O)N12. The van der Waals surface area contributed by atoms with Gasteiger partial charge in [-0.05, 0) is 43.0 Å². The zero-order valence-corrected chi connectivity index (χ0v) is 24.1. The number of carboxylic acids is 1. The van der Waals surface area contributed by atoms with Crippen LogP contribution in [0.2, 0.25) is 0 Å². The van der Waals surface area contributed by atoms with Gasteiger partial charge in [0.25, 0.3) is 11.8 Å². The molecule has 0 unspecified atom stereocenters. The third-order valence-corrected chi connectivity index (χ3v) is 8.16. The van der Waals surface area contributed by atoms with Crippen molar-refractivity contribution in [2.24, 2.45) is 0 Å². The van der Waals surface area contributed by atoms with Gasteiger partial charge in [-0.1, -0.05) is 46.1 Å². The van der Waals surface area contributed by atoms with Crippen molar-refractivity contribution in [1.29, 1.82) is 0 Å². The molecule has 12 heteroatoms. The number of aliphatic hydroxyl groups is 1. The Kier molecular flexibility index (Phi) is 13.5. The maximum Gasteiger partial charge on any atom is 0.416 e. The van der Waals surface area contributed by atoms with Crippen LogP contribution in [0.3, 0.4) is 0 Å². The van der Waals surface area contributed by atoms with Crippen LogP contribution >= 0.6 is 11.8 Å². The number of aliphatic hydroxyl groups excluding tert-OH is 1. The van der Waals surface area contributed by atoms with Crippen LogP contribution in [0.5, 0.6) is 0 Å². The second-order valence-electron chi connectivity index (χ2n) is 9.90. The Labute approximate surface area is 238 Å². The third kappa shape index (κ3) is 8.97. The molecule has 0 saturated carbocycles. The summed E-state index contributed by atoms with van der Waals surface area (Å²) in [6, 6.07) is 2.65. The van der Waals surface area contributed by atoms with Crippen molar-refractivity contribution in [2.75, 3.05) is 32.0 Å². The molecular formula is C28H40F3N3O5S. The Bertz CT molecular complexity index is 1030. The van der Waals surface area contributed by atoms with Crippen LogP contribution in [0.4, 0.5) is 13.2 Å². The topological polar surface area (TPSA) is 114 Å². The number of amides is 2. The van der Waals surface area contributed by atoms with Gasteiger partial charge < -0.3 is 25.2 Å². The Hall–Kier alpha value is -2.57. The molecule has 1 aromatic carbocycles. The monoisotopic (exact) mass is 587 g/mol. The number of hydrogen-bond donors (Lipinski definition) is 3. The molecule has 8 nitrogen and oxygen atoms in total. The predicted octanol–water partition coefficient (Wildman–Crippen LogP) is 1.99. The van der Waals surface area contributed by atoms with Crippen molar-refractivity contribution in [3.63, 3.8) is 0 Å². The number of fused-ring (bicyclic) bond motifs is 1. The fourth-order valence-corrected chi connectivity index (χ4v) is 5.85. The second kappa shape index (κ2) is 16.0. The molecule has 1 fully saturated rings. The summed E-state index contributed by atoms with van der Waals surface area (Å²) in [5.74, 6) is -3.13. The highest BCUT2D eigenvalue weighted by molar-refractivity contribution is 8.00. The molecule has 2 atom stereocenters. The van der Waals surface area contributed by atoms with Crippen LogP contribution in [-0.2, 0) is 15.8 Å². The molecular weight excluding hydrogens is 547 g/mol. The highest BCUT2D eigenvalue weighted by Crippen LogP contribution is 2.40. The first-order valence-electron chi connectivity index (χ1n) is 13.8. The molecule has 0 spiro atoms. The van der Waals surface area contributed by atoms with Gasteiger partial charge in [-0.15, -0.1) is 11.8 Å². The first-order chi connectivity index (χ1) is 19.0. The fourth-order valence-electron chi connectivity index (χ4n) is 4.51. The molecule has 2 aliphatic heterocycles. The van der Waals surface area contributed by atoms with Crippen LogP contribution in [0, 0.1) is 0 Å². The number of aliphatic carboxylic acids is 1. The predicted molar refractivity (Wildman–Crippen MR) is 145 cm³/mol. The van der Waals surface area contributed by atoms with E-state index in [9.17, 15) is 37.8 Å². The van der Waals surface area contributed by atoms with Crippen LogP contribution in [-0.4, -0.2) is 71.2 Å². The fraction of sp³-hybridized carbons (Fsp3) is 0.607. The number of hydrogen-bond acceptors (Lipinski definition) is 6. The largest absolute Gasteiger partial charge is 0.543 e. The van der Waals surface area contributed by atoms with Crippen LogP contribution in [0.15, 0.2) is 35.5 Å². The summed E-state index contributed by atoms with van der Waals surface area (Å²) in [4.78, 5) is 38.5. The number of alkyl halides is 3. The number of thioether (sulfide) groups is 1. The van der Waals surface area contributed by atoms with Gasteiger partial charge in [0.15, 0.2) is 0 Å². The minimum absolute atomic E-state index is 0.115. The Morgan fingerprint density at radius 1 is 1.10 bits per heavy atom. The Morgan fingerprint density at radius 2 is 1.68 bits per heavy atom. The van der Waals surface area contributed by atoms with E-state index in [4.69, 9.17) is 0 Å². The van der Waals surface area contributed by atoms with Gasteiger partial charge in [0.05, 0.1) is 43.5 Å². The Morgan fingerprint density at radius 3 is 2.15 bits per heavy atom. The number of rotatable bonds is 13. The smallest absolute Gasteiger partial charge is 0.416 e. The van der Waals surface area contributed by atoms with Gasteiger partial charge in [0.1, 0.15) is 11.4 Å². The van der Waals surface area contributed by atoms with E-state index in [-0.39, 0.29) is 16.9 Å². The molecule has 1 aromatic rings. The van der Waals surface area contributed by atoms with Gasteiger partial charge in [-0.3, -0.25) is 14.5 Å². The second-order valence-corrected chi connectivity index (χ2v) is 11.0. The minimum atomic E-state index is -4.62. The molecule has 2 aliphatic rings. The lowest BCUT2D eigenvalue weighted by atomic mass is 10.0. The number of nitrogens with one attached hydrogen (secondary N) is 2. The van der Waals surface area contributed by atoms with Crippen molar-refractivity contribution in [3.8, 4) is 0 Å². The number of halogens is 3. The van der Waals surface area contributed by atoms with E-state index in [0.717, 1.165) is 28.8 Å². The standard InChI is InChI=1S/C16H13F3N2O5S.C12H27N/c17-16(18,19)9-3-1-2-7(4-9)12(23)20-10-13(24)21-11(15(25)26)8(5-22)6-27-14(10)21;1-4-7-10-13(11-8-5-2)12-9-6-3/h1-4,10,14,22H,5-6H2,(H,20,23)(H,25,26);4-12H2,1-3H3/t10-,14+;/m0./s1. The summed E-state index contributed by atoms with van der Waals surface area (Å²) in [5.41, 5.74) is -1.59. The number of nitrogens with zero attached hydrogens (tertiary/aromatic N) is 1. The summed E-state index contributed by atoms with van der Waals surface area (Å²) < 4.78 is 38.3. The normalized spacial score (nSPS) is 18.6. The summed E-state index contributed by atoms with van der Waals surface area (Å²) in [5, 5.41) is 22.1. The van der Waals surface area contributed by atoms with Gasteiger partial charge in [0, 0.05) is 11.3 Å². The molecule has 1 saturated heterocycles. The van der Waals surface area contributed by atoms with E-state index in [1.54, 1.807) is 0 Å². The molecule has 3 N–H and O–H groups in total. The van der Waals surface area contributed by atoms with Crippen molar-refractivity contribution in [3.05, 3.63) is 46.7 Å². The molecule has 0 aromatic heterocycles. The van der Waals surface area contributed by atoms with Crippen LogP contribution in [0.25, 0.3) is 0 Å². The zero-order chi connectivity index (χ0) is 29.9. The van der Waals surface area contributed by atoms with Gasteiger partial charge >= 0.3 is 6.18 Å². The number of β-lactam (4-membered cyclic amide) rings is 1. The summed E-state index contributed by atoms with van der Waals surface area (Å²) in [6.45, 7) is 10.5.